The van der Waals surface area contributed by atoms with Crippen molar-refractivity contribution in [1.29, 1.82) is 0 Å². The number of halogens is 1. The number of thiocarbonyl (C=S) groups is 1. The first-order valence-corrected chi connectivity index (χ1v) is 9.62. The summed E-state index contributed by atoms with van der Waals surface area (Å²) < 4.78 is 25.0. The molecule has 7 heteroatoms. The van der Waals surface area contributed by atoms with Crippen LogP contribution in [-0.4, -0.2) is 48.6 Å². The fraction of sp³-hybridized carbons (Fsp3) is 0.357. The van der Waals surface area contributed by atoms with E-state index in [2.05, 4.69) is 22.5 Å². The summed E-state index contributed by atoms with van der Waals surface area (Å²) in [5.74, 6) is 0.320. The number of nitrogens with zero attached hydrogens (tertiary/aromatic N) is 2. The zero-order valence-electron chi connectivity index (χ0n) is 11.3. The molecule has 0 amide bonds. The van der Waals surface area contributed by atoms with E-state index >= 15 is 0 Å². The van der Waals surface area contributed by atoms with Crippen LogP contribution in [0, 0.1) is 0 Å². The molecular weight excluding hydrogens is 372 g/mol. The molecule has 4 nitrogen and oxygen atoms in total. The molecule has 3 rings (SSSR count). The summed E-state index contributed by atoms with van der Waals surface area (Å²) in [7, 11) is -3.02. The average molecular weight is 387 g/mol. The highest BCUT2D eigenvalue weighted by Crippen LogP contribution is 2.35. The van der Waals surface area contributed by atoms with Crippen LogP contribution < -0.4 is 4.90 Å². The summed E-state index contributed by atoms with van der Waals surface area (Å²) in [6.45, 7) is 4.32. The fourth-order valence-corrected chi connectivity index (χ4v) is 5.70. The zero-order valence-corrected chi connectivity index (χ0v) is 14.5. The van der Waals surface area contributed by atoms with Crippen LogP contribution in [0.5, 0.6) is 0 Å². The standard InChI is InChI=1S/C14H15BrN2O2S2/c1-2-7-16-12-8-21(18,19)9-13(12)17(14(16)20)11-5-3-10(15)4-6-11/h2-6,12-13H,1,7-9H2/t12-,13-/m1/s1. The van der Waals surface area contributed by atoms with Crippen LogP contribution in [0.1, 0.15) is 0 Å². The lowest BCUT2D eigenvalue weighted by Gasteiger charge is -2.25. The van der Waals surface area contributed by atoms with Gasteiger partial charge < -0.3 is 9.80 Å². The van der Waals surface area contributed by atoms with E-state index in [1.165, 1.54) is 0 Å². The van der Waals surface area contributed by atoms with Crippen molar-refractivity contribution < 1.29 is 8.42 Å². The third-order valence-electron chi connectivity index (χ3n) is 3.91. The number of anilines is 1. The summed E-state index contributed by atoms with van der Waals surface area (Å²) in [5.41, 5.74) is 0.932. The van der Waals surface area contributed by atoms with E-state index in [4.69, 9.17) is 12.2 Å². The van der Waals surface area contributed by atoms with Gasteiger partial charge in [-0.3, -0.25) is 0 Å². The van der Waals surface area contributed by atoms with Gasteiger partial charge in [-0.05, 0) is 36.5 Å². The van der Waals surface area contributed by atoms with Crippen LogP contribution >= 0.6 is 28.1 Å². The Kier molecular flexibility index (Phi) is 3.83. The van der Waals surface area contributed by atoms with Crippen molar-refractivity contribution in [3.8, 4) is 0 Å². The lowest BCUT2D eigenvalue weighted by atomic mass is 10.1. The van der Waals surface area contributed by atoms with Crippen molar-refractivity contribution in [1.82, 2.24) is 4.90 Å². The minimum absolute atomic E-state index is 0.0795. The van der Waals surface area contributed by atoms with E-state index in [-0.39, 0.29) is 23.6 Å². The van der Waals surface area contributed by atoms with Crippen LogP contribution in [0.4, 0.5) is 5.69 Å². The number of benzene rings is 1. The fourth-order valence-electron chi connectivity index (χ4n) is 3.03. The molecule has 2 saturated heterocycles. The molecule has 21 heavy (non-hydrogen) atoms. The molecule has 2 fully saturated rings. The quantitative estimate of drug-likeness (QED) is 0.588. The summed E-state index contributed by atoms with van der Waals surface area (Å²) in [6.07, 6.45) is 1.76. The SMILES string of the molecule is C=CCN1C(=S)N(c2ccc(Br)cc2)[C@@H]2CS(=O)(=O)C[C@H]21. The maximum Gasteiger partial charge on any atom is 0.177 e. The lowest BCUT2D eigenvalue weighted by Crippen LogP contribution is -2.37. The maximum atomic E-state index is 12.0. The van der Waals surface area contributed by atoms with Gasteiger partial charge in [0.2, 0.25) is 0 Å². The Balaban J connectivity index is 2.01. The van der Waals surface area contributed by atoms with Gasteiger partial charge in [-0.1, -0.05) is 22.0 Å². The predicted octanol–water partition coefficient (Wildman–Crippen LogP) is 2.21. The maximum absolute atomic E-state index is 12.0. The molecule has 0 radical (unpaired) electrons. The topological polar surface area (TPSA) is 40.6 Å². The van der Waals surface area contributed by atoms with Gasteiger partial charge in [0.1, 0.15) is 0 Å². The molecule has 2 aliphatic rings. The molecule has 2 aliphatic heterocycles. The highest BCUT2D eigenvalue weighted by molar-refractivity contribution is 9.10. The highest BCUT2D eigenvalue weighted by atomic mass is 79.9. The van der Waals surface area contributed by atoms with E-state index in [1.54, 1.807) is 6.08 Å². The second kappa shape index (κ2) is 5.37. The normalized spacial score (nSPS) is 27.0. The summed E-state index contributed by atoms with van der Waals surface area (Å²) >= 11 is 8.98. The van der Waals surface area contributed by atoms with Gasteiger partial charge in [0.15, 0.2) is 14.9 Å². The largest absolute Gasteiger partial charge is 0.339 e. The van der Waals surface area contributed by atoms with Crippen LogP contribution in [0.25, 0.3) is 0 Å². The minimum atomic E-state index is -3.02. The monoisotopic (exact) mass is 386 g/mol. The Labute approximate surface area is 138 Å². The van der Waals surface area contributed by atoms with Gasteiger partial charge in [-0.15, -0.1) is 6.58 Å². The van der Waals surface area contributed by atoms with Crippen LogP contribution in [-0.2, 0) is 9.84 Å². The predicted molar refractivity (Wildman–Crippen MR) is 92.4 cm³/mol. The van der Waals surface area contributed by atoms with Crippen molar-refractivity contribution in [2.24, 2.45) is 0 Å². The van der Waals surface area contributed by atoms with Gasteiger partial charge in [0.25, 0.3) is 0 Å². The minimum Gasteiger partial charge on any atom is -0.339 e. The average Bonchev–Trinajstić information content (AvgIpc) is 2.84. The molecule has 2 heterocycles. The molecular formula is C14H15BrN2O2S2. The zero-order chi connectivity index (χ0) is 15.2. The van der Waals surface area contributed by atoms with Crippen LogP contribution in [0.15, 0.2) is 41.4 Å². The summed E-state index contributed by atoms with van der Waals surface area (Å²) in [5, 5.41) is 0.683. The number of fused-ring (bicyclic) bond motifs is 1. The van der Waals surface area contributed by atoms with Crippen molar-refractivity contribution >= 4 is 48.8 Å². The first-order chi connectivity index (χ1) is 9.93. The molecule has 0 saturated carbocycles. The molecule has 0 unspecified atom stereocenters. The summed E-state index contributed by atoms with van der Waals surface area (Å²) in [6, 6.07) is 7.60. The smallest absolute Gasteiger partial charge is 0.177 e. The Morgan fingerprint density at radius 2 is 1.90 bits per heavy atom. The molecule has 1 aromatic rings. The first kappa shape index (κ1) is 15.0. The van der Waals surface area contributed by atoms with Crippen molar-refractivity contribution in [2.45, 2.75) is 12.1 Å². The summed E-state index contributed by atoms with van der Waals surface area (Å²) in [4.78, 5) is 3.94. The number of rotatable bonds is 3. The molecule has 0 spiro atoms. The Morgan fingerprint density at radius 3 is 2.52 bits per heavy atom. The first-order valence-electron chi connectivity index (χ1n) is 6.59. The van der Waals surface area contributed by atoms with Gasteiger partial charge >= 0.3 is 0 Å². The van der Waals surface area contributed by atoms with Gasteiger partial charge in [-0.2, -0.15) is 0 Å². The third-order valence-corrected chi connectivity index (χ3v) is 6.57. The van der Waals surface area contributed by atoms with Crippen LogP contribution in [0.3, 0.4) is 0 Å². The van der Waals surface area contributed by atoms with E-state index < -0.39 is 9.84 Å². The number of hydrogen-bond acceptors (Lipinski definition) is 3. The second-order valence-corrected chi connectivity index (χ2v) is 8.72. The Morgan fingerprint density at radius 1 is 1.29 bits per heavy atom. The molecule has 0 bridgehead atoms. The second-order valence-electron chi connectivity index (χ2n) is 5.28. The number of hydrogen-bond donors (Lipinski definition) is 0. The third kappa shape index (κ3) is 2.62. The molecule has 0 aromatic heterocycles. The molecule has 1 aromatic carbocycles. The van der Waals surface area contributed by atoms with Gasteiger partial charge in [-0.25, -0.2) is 8.42 Å². The van der Waals surface area contributed by atoms with Crippen molar-refractivity contribution in [3.05, 3.63) is 41.4 Å². The van der Waals surface area contributed by atoms with E-state index in [9.17, 15) is 8.42 Å². The molecule has 0 aliphatic carbocycles. The van der Waals surface area contributed by atoms with E-state index in [0.29, 0.717) is 11.7 Å². The lowest BCUT2D eigenvalue weighted by molar-refractivity contribution is 0.389. The number of sulfone groups is 1. The van der Waals surface area contributed by atoms with Gasteiger partial charge in [0, 0.05) is 16.7 Å². The van der Waals surface area contributed by atoms with Crippen LogP contribution in [0.2, 0.25) is 0 Å². The molecule has 112 valence electrons. The highest BCUT2D eigenvalue weighted by Gasteiger charge is 2.51. The van der Waals surface area contributed by atoms with Gasteiger partial charge in [0.05, 0.1) is 23.6 Å². The van der Waals surface area contributed by atoms with E-state index in [0.717, 1.165) is 10.2 Å². The molecule has 2 atom stereocenters. The van der Waals surface area contributed by atoms with Crippen molar-refractivity contribution in [2.75, 3.05) is 23.0 Å². The molecule has 0 N–H and O–H groups in total. The Bertz CT molecular complexity index is 687. The van der Waals surface area contributed by atoms with Crippen molar-refractivity contribution in [3.63, 3.8) is 0 Å². The van der Waals surface area contributed by atoms with E-state index in [1.807, 2.05) is 34.1 Å². The Hall–Kier alpha value is -0.920.